The summed E-state index contributed by atoms with van der Waals surface area (Å²) < 4.78 is 5.20. The van der Waals surface area contributed by atoms with Crippen LogP contribution >= 0.6 is 0 Å². The van der Waals surface area contributed by atoms with Crippen LogP contribution in [0.2, 0.25) is 0 Å². The van der Waals surface area contributed by atoms with E-state index in [1.807, 2.05) is 6.92 Å². The molecule has 1 heterocycles. The molecule has 0 aromatic carbocycles. The first-order valence-corrected chi connectivity index (χ1v) is 6.80. The van der Waals surface area contributed by atoms with Crippen LogP contribution < -0.4 is 10.6 Å². The van der Waals surface area contributed by atoms with Gasteiger partial charge in [-0.05, 0) is 45.6 Å². The van der Waals surface area contributed by atoms with E-state index < -0.39 is 0 Å². The summed E-state index contributed by atoms with van der Waals surface area (Å²) in [7, 11) is 0. The zero-order valence-corrected chi connectivity index (χ0v) is 11.1. The standard InChI is InChI=1S/C13H26N2O2/c1-3-17-8-4-5-13(16)15-10-12-7-6-11(2)14-9-12/h11-12,14H,3-10H2,1-2H3,(H,15,16). The largest absolute Gasteiger partial charge is 0.382 e. The van der Waals surface area contributed by atoms with E-state index >= 15 is 0 Å². The Morgan fingerprint density at radius 3 is 2.94 bits per heavy atom. The third-order valence-electron chi connectivity index (χ3n) is 3.25. The number of carbonyl (C=O) groups is 1. The van der Waals surface area contributed by atoms with Crippen molar-refractivity contribution in [1.29, 1.82) is 0 Å². The molecule has 1 amide bonds. The van der Waals surface area contributed by atoms with Crippen molar-refractivity contribution in [2.24, 2.45) is 5.92 Å². The van der Waals surface area contributed by atoms with Gasteiger partial charge >= 0.3 is 0 Å². The smallest absolute Gasteiger partial charge is 0.220 e. The summed E-state index contributed by atoms with van der Waals surface area (Å²) in [5.74, 6) is 0.755. The van der Waals surface area contributed by atoms with Crippen molar-refractivity contribution in [2.75, 3.05) is 26.3 Å². The molecule has 17 heavy (non-hydrogen) atoms. The molecule has 1 saturated heterocycles. The van der Waals surface area contributed by atoms with Crippen LogP contribution in [-0.2, 0) is 9.53 Å². The minimum Gasteiger partial charge on any atom is -0.382 e. The fraction of sp³-hybridized carbons (Fsp3) is 0.923. The molecule has 0 spiro atoms. The minimum absolute atomic E-state index is 0.156. The topological polar surface area (TPSA) is 50.4 Å². The van der Waals surface area contributed by atoms with Crippen LogP contribution in [-0.4, -0.2) is 38.3 Å². The predicted octanol–water partition coefficient (Wildman–Crippen LogP) is 1.31. The maximum Gasteiger partial charge on any atom is 0.220 e. The highest BCUT2D eigenvalue weighted by Crippen LogP contribution is 2.12. The van der Waals surface area contributed by atoms with Gasteiger partial charge in [-0.3, -0.25) is 4.79 Å². The molecular weight excluding hydrogens is 216 g/mol. The van der Waals surface area contributed by atoms with E-state index in [0.29, 0.717) is 25.0 Å². The van der Waals surface area contributed by atoms with Crippen molar-refractivity contribution in [3.63, 3.8) is 0 Å². The second-order valence-electron chi connectivity index (χ2n) is 4.86. The molecule has 1 rings (SSSR count). The van der Waals surface area contributed by atoms with Gasteiger partial charge in [-0.1, -0.05) is 0 Å². The molecule has 0 radical (unpaired) electrons. The third kappa shape index (κ3) is 6.64. The molecule has 100 valence electrons. The molecule has 0 saturated carbocycles. The van der Waals surface area contributed by atoms with Crippen LogP contribution in [0, 0.1) is 5.92 Å². The van der Waals surface area contributed by atoms with Gasteiger partial charge in [0.1, 0.15) is 0 Å². The highest BCUT2D eigenvalue weighted by molar-refractivity contribution is 5.75. The molecule has 0 bridgehead atoms. The fourth-order valence-electron chi connectivity index (χ4n) is 2.06. The Labute approximate surface area is 104 Å². The van der Waals surface area contributed by atoms with Crippen LogP contribution in [0.5, 0.6) is 0 Å². The van der Waals surface area contributed by atoms with Crippen LogP contribution in [0.1, 0.15) is 39.5 Å². The third-order valence-corrected chi connectivity index (χ3v) is 3.25. The minimum atomic E-state index is 0.156. The molecule has 0 aromatic rings. The Balaban J connectivity index is 1.99. The van der Waals surface area contributed by atoms with Crippen LogP contribution in [0.4, 0.5) is 0 Å². The highest BCUT2D eigenvalue weighted by Gasteiger charge is 2.17. The van der Waals surface area contributed by atoms with Crippen LogP contribution in [0.25, 0.3) is 0 Å². The molecule has 2 atom stereocenters. The summed E-state index contributed by atoms with van der Waals surface area (Å²) in [6.45, 7) is 7.44. The van der Waals surface area contributed by atoms with Gasteiger partial charge in [0, 0.05) is 32.2 Å². The SMILES string of the molecule is CCOCCCC(=O)NCC1CCC(C)NC1. The summed E-state index contributed by atoms with van der Waals surface area (Å²) in [5.41, 5.74) is 0. The Bertz CT molecular complexity index is 213. The van der Waals surface area contributed by atoms with E-state index in [0.717, 1.165) is 26.1 Å². The molecule has 1 aliphatic rings. The van der Waals surface area contributed by atoms with Gasteiger partial charge in [0.25, 0.3) is 0 Å². The predicted molar refractivity (Wildman–Crippen MR) is 68.9 cm³/mol. The summed E-state index contributed by atoms with van der Waals surface area (Å²) in [6.07, 6.45) is 3.83. The molecule has 2 N–H and O–H groups in total. The average molecular weight is 242 g/mol. The van der Waals surface area contributed by atoms with Gasteiger partial charge in [0.2, 0.25) is 5.91 Å². The zero-order chi connectivity index (χ0) is 12.5. The second kappa shape index (κ2) is 8.48. The van der Waals surface area contributed by atoms with E-state index in [2.05, 4.69) is 17.6 Å². The van der Waals surface area contributed by atoms with Crippen LogP contribution in [0.15, 0.2) is 0 Å². The fourth-order valence-corrected chi connectivity index (χ4v) is 2.06. The van der Waals surface area contributed by atoms with Crippen molar-refractivity contribution < 1.29 is 9.53 Å². The Hall–Kier alpha value is -0.610. The first-order chi connectivity index (χ1) is 8.22. The number of rotatable bonds is 7. The lowest BCUT2D eigenvalue weighted by Gasteiger charge is -2.27. The maximum atomic E-state index is 11.5. The number of piperidine rings is 1. The van der Waals surface area contributed by atoms with E-state index in [1.54, 1.807) is 0 Å². The molecule has 4 heteroatoms. The Kier molecular flexibility index (Phi) is 7.21. The lowest BCUT2D eigenvalue weighted by molar-refractivity contribution is -0.121. The number of hydrogen-bond acceptors (Lipinski definition) is 3. The number of amides is 1. The van der Waals surface area contributed by atoms with Gasteiger partial charge < -0.3 is 15.4 Å². The molecule has 0 aliphatic carbocycles. The first kappa shape index (κ1) is 14.5. The first-order valence-electron chi connectivity index (χ1n) is 6.80. The van der Waals surface area contributed by atoms with Gasteiger partial charge in [-0.25, -0.2) is 0 Å². The van der Waals surface area contributed by atoms with Gasteiger partial charge in [0.05, 0.1) is 0 Å². The van der Waals surface area contributed by atoms with Gasteiger partial charge in [-0.15, -0.1) is 0 Å². The summed E-state index contributed by atoms with van der Waals surface area (Å²) in [6, 6.07) is 0.633. The van der Waals surface area contributed by atoms with E-state index in [9.17, 15) is 4.79 Å². The van der Waals surface area contributed by atoms with Gasteiger partial charge in [-0.2, -0.15) is 0 Å². The van der Waals surface area contributed by atoms with E-state index in [1.165, 1.54) is 12.8 Å². The lowest BCUT2D eigenvalue weighted by Crippen LogP contribution is -2.41. The average Bonchev–Trinajstić information content (AvgIpc) is 2.34. The summed E-state index contributed by atoms with van der Waals surface area (Å²) in [5, 5.41) is 6.45. The molecule has 1 aliphatic heterocycles. The lowest BCUT2D eigenvalue weighted by atomic mass is 9.95. The second-order valence-corrected chi connectivity index (χ2v) is 4.86. The number of carbonyl (C=O) groups excluding carboxylic acids is 1. The molecular formula is C13H26N2O2. The normalized spacial score (nSPS) is 24.6. The summed E-state index contributed by atoms with van der Waals surface area (Å²) >= 11 is 0. The zero-order valence-electron chi connectivity index (χ0n) is 11.1. The number of ether oxygens (including phenoxy) is 1. The maximum absolute atomic E-state index is 11.5. The highest BCUT2D eigenvalue weighted by atomic mass is 16.5. The Morgan fingerprint density at radius 1 is 1.47 bits per heavy atom. The molecule has 4 nitrogen and oxygen atoms in total. The monoisotopic (exact) mass is 242 g/mol. The summed E-state index contributed by atoms with van der Waals surface area (Å²) in [4.78, 5) is 11.5. The molecule has 1 fully saturated rings. The quantitative estimate of drug-likeness (QED) is 0.662. The van der Waals surface area contributed by atoms with Crippen molar-refractivity contribution in [3.05, 3.63) is 0 Å². The Morgan fingerprint density at radius 2 is 2.29 bits per heavy atom. The van der Waals surface area contributed by atoms with Crippen molar-refractivity contribution in [2.45, 2.75) is 45.6 Å². The molecule has 2 unspecified atom stereocenters. The number of nitrogens with one attached hydrogen (secondary N) is 2. The molecule has 0 aromatic heterocycles. The van der Waals surface area contributed by atoms with Crippen LogP contribution in [0.3, 0.4) is 0 Å². The van der Waals surface area contributed by atoms with Crippen molar-refractivity contribution in [3.8, 4) is 0 Å². The van der Waals surface area contributed by atoms with E-state index in [4.69, 9.17) is 4.74 Å². The van der Waals surface area contributed by atoms with Gasteiger partial charge in [0.15, 0.2) is 0 Å². The van der Waals surface area contributed by atoms with E-state index in [-0.39, 0.29) is 5.91 Å². The van der Waals surface area contributed by atoms with Crippen molar-refractivity contribution in [1.82, 2.24) is 10.6 Å². The van der Waals surface area contributed by atoms with Crippen molar-refractivity contribution >= 4 is 5.91 Å². The number of hydrogen-bond donors (Lipinski definition) is 2.